The van der Waals surface area contributed by atoms with Crippen LogP contribution in [-0.4, -0.2) is 25.2 Å². The SMILES string of the molecule is CN(C)c1ccc(CC(C#N)CCC(=O)O)cc1. The molecule has 0 amide bonds. The molecule has 1 atom stereocenters. The van der Waals surface area contributed by atoms with Gasteiger partial charge in [0.05, 0.1) is 12.0 Å². The van der Waals surface area contributed by atoms with Crippen molar-refractivity contribution in [3.8, 4) is 6.07 Å². The fourth-order valence-electron chi connectivity index (χ4n) is 1.72. The fourth-order valence-corrected chi connectivity index (χ4v) is 1.72. The number of nitriles is 1. The van der Waals surface area contributed by atoms with Crippen molar-refractivity contribution in [1.82, 2.24) is 0 Å². The van der Waals surface area contributed by atoms with Gasteiger partial charge in [-0.2, -0.15) is 5.26 Å². The molecule has 0 aliphatic carbocycles. The summed E-state index contributed by atoms with van der Waals surface area (Å²) in [4.78, 5) is 12.5. The van der Waals surface area contributed by atoms with Gasteiger partial charge >= 0.3 is 5.97 Å². The lowest BCUT2D eigenvalue weighted by atomic mass is 9.96. The summed E-state index contributed by atoms with van der Waals surface area (Å²) in [6.07, 6.45) is 1.06. The Morgan fingerprint density at radius 3 is 2.44 bits per heavy atom. The van der Waals surface area contributed by atoms with Crippen molar-refractivity contribution in [3.63, 3.8) is 0 Å². The summed E-state index contributed by atoms with van der Waals surface area (Å²) in [5.41, 5.74) is 2.18. The van der Waals surface area contributed by atoms with E-state index in [9.17, 15) is 4.79 Å². The van der Waals surface area contributed by atoms with E-state index >= 15 is 0 Å². The van der Waals surface area contributed by atoms with Gasteiger partial charge in [-0.25, -0.2) is 0 Å². The number of hydrogen-bond donors (Lipinski definition) is 1. The predicted molar refractivity (Wildman–Crippen MR) is 70.4 cm³/mol. The Balaban J connectivity index is 2.59. The molecule has 4 heteroatoms. The summed E-state index contributed by atoms with van der Waals surface area (Å²) in [6.45, 7) is 0. The number of aliphatic carboxylic acids is 1. The lowest BCUT2D eigenvalue weighted by molar-refractivity contribution is -0.137. The third-order valence-electron chi connectivity index (χ3n) is 2.82. The highest BCUT2D eigenvalue weighted by Crippen LogP contribution is 2.17. The molecule has 0 bridgehead atoms. The summed E-state index contributed by atoms with van der Waals surface area (Å²) in [5, 5.41) is 17.6. The molecule has 0 aromatic heterocycles. The van der Waals surface area contributed by atoms with Gasteiger partial charge in [0.15, 0.2) is 0 Å². The first-order valence-electron chi connectivity index (χ1n) is 5.90. The number of hydrogen-bond acceptors (Lipinski definition) is 3. The smallest absolute Gasteiger partial charge is 0.303 e. The standard InChI is InChI=1S/C14H18N2O2/c1-16(2)13-6-3-11(4-7-13)9-12(10-15)5-8-14(17)18/h3-4,6-7,12H,5,8-9H2,1-2H3,(H,17,18). The number of carbonyl (C=O) groups is 1. The predicted octanol–water partition coefficient (Wildman–Crippen LogP) is 2.30. The molecule has 0 radical (unpaired) electrons. The molecule has 0 spiro atoms. The summed E-state index contributed by atoms with van der Waals surface area (Å²) >= 11 is 0. The van der Waals surface area contributed by atoms with E-state index in [1.807, 2.05) is 43.3 Å². The van der Waals surface area contributed by atoms with Gasteiger partial charge in [-0.15, -0.1) is 0 Å². The van der Waals surface area contributed by atoms with Gasteiger partial charge in [-0.05, 0) is 30.5 Å². The minimum absolute atomic E-state index is 0.0496. The van der Waals surface area contributed by atoms with Crippen LogP contribution in [-0.2, 0) is 11.2 Å². The molecule has 0 heterocycles. The number of benzene rings is 1. The van der Waals surface area contributed by atoms with Crippen LogP contribution in [0.3, 0.4) is 0 Å². The molecule has 1 aromatic carbocycles. The van der Waals surface area contributed by atoms with Crippen LogP contribution in [0.2, 0.25) is 0 Å². The van der Waals surface area contributed by atoms with Crippen molar-refractivity contribution >= 4 is 11.7 Å². The second kappa shape index (κ2) is 6.65. The zero-order chi connectivity index (χ0) is 13.5. The van der Waals surface area contributed by atoms with Gasteiger partial charge in [-0.1, -0.05) is 12.1 Å². The van der Waals surface area contributed by atoms with E-state index in [1.165, 1.54) is 0 Å². The second-order valence-electron chi connectivity index (χ2n) is 4.52. The molecule has 0 aliphatic heterocycles. The molecule has 0 aliphatic rings. The number of carboxylic acids is 1. The molecule has 18 heavy (non-hydrogen) atoms. The zero-order valence-electron chi connectivity index (χ0n) is 10.8. The number of rotatable bonds is 6. The van der Waals surface area contributed by atoms with E-state index in [0.29, 0.717) is 12.8 Å². The van der Waals surface area contributed by atoms with Gasteiger partial charge in [0.1, 0.15) is 0 Å². The van der Waals surface area contributed by atoms with Gasteiger partial charge < -0.3 is 10.0 Å². The van der Waals surface area contributed by atoms with Crippen LogP contribution in [0.5, 0.6) is 0 Å². The first-order valence-corrected chi connectivity index (χ1v) is 5.90. The van der Waals surface area contributed by atoms with E-state index in [2.05, 4.69) is 6.07 Å². The zero-order valence-corrected chi connectivity index (χ0v) is 10.8. The van der Waals surface area contributed by atoms with E-state index in [-0.39, 0.29) is 12.3 Å². The second-order valence-corrected chi connectivity index (χ2v) is 4.52. The maximum atomic E-state index is 10.5. The number of anilines is 1. The topological polar surface area (TPSA) is 64.3 Å². The number of nitrogens with zero attached hydrogens (tertiary/aromatic N) is 2. The third-order valence-corrected chi connectivity index (χ3v) is 2.82. The highest BCUT2D eigenvalue weighted by molar-refractivity contribution is 5.66. The molecule has 0 saturated heterocycles. The molecule has 1 unspecified atom stereocenters. The van der Waals surface area contributed by atoms with Crippen LogP contribution in [0.25, 0.3) is 0 Å². The van der Waals surface area contributed by atoms with Crippen LogP contribution in [0.4, 0.5) is 5.69 Å². The minimum Gasteiger partial charge on any atom is -0.481 e. The molecular weight excluding hydrogens is 228 g/mol. The van der Waals surface area contributed by atoms with E-state index in [1.54, 1.807) is 0 Å². The van der Waals surface area contributed by atoms with Gasteiger partial charge in [-0.3, -0.25) is 4.79 Å². The Morgan fingerprint density at radius 1 is 1.39 bits per heavy atom. The van der Waals surface area contributed by atoms with Gasteiger partial charge in [0.25, 0.3) is 0 Å². The minimum atomic E-state index is -0.849. The van der Waals surface area contributed by atoms with Gasteiger partial charge in [0, 0.05) is 26.2 Å². The molecule has 1 rings (SSSR count). The highest BCUT2D eigenvalue weighted by Gasteiger charge is 2.11. The average molecular weight is 246 g/mol. The maximum Gasteiger partial charge on any atom is 0.303 e. The Labute approximate surface area is 107 Å². The summed E-state index contributed by atoms with van der Waals surface area (Å²) < 4.78 is 0. The van der Waals surface area contributed by atoms with Crippen LogP contribution in [0.15, 0.2) is 24.3 Å². The first-order chi connectivity index (χ1) is 8.52. The van der Waals surface area contributed by atoms with E-state index in [4.69, 9.17) is 10.4 Å². The van der Waals surface area contributed by atoms with Crippen LogP contribution < -0.4 is 4.90 Å². The molecule has 96 valence electrons. The first kappa shape index (κ1) is 14.0. The Bertz CT molecular complexity index is 432. The van der Waals surface area contributed by atoms with Crippen LogP contribution in [0, 0.1) is 17.2 Å². The molecule has 0 saturated carbocycles. The fraction of sp³-hybridized carbons (Fsp3) is 0.429. The molecule has 4 nitrogen and oxygen atoms in total. The highest BCUT2D eigenvalue weighted by atomic mass is 16.4. The monoisotopic (exact) mass is 246 g/mol. The normalized spacial score (nSPS) is 11.6. The molecule has 0 fully saturated rings. The largest absolute Gasteiger partial charge is 0.481 e. The quantitative estimate of drug-likeness (QED) is 0.836. The van der Waals surface area contributed by atoms with Gasteiger partial charge in [0.2, 0.25) is 0 Å². The molecular formula is C14H18N2O2. The Hall–Kier alpha value is -2.02. The van der Waals surface area contributed by atoms with Crippen molar-refractivity contribution in [2.24, 2.45) is 5.92 Å². The van der Waals surface area contributed by atoms with E-state index in [0.717, 1.165) is 11.3 Å². The lowest BCUT2D eigenvalue weighted by Crippen LogP contribution is -2.09. The van der Waals surface area contributed by atoms with Crippen molar-refractivity contribution in [2.75, 3.05) is 19.0 Å². The summed E-state index contributed by atoms with van der Waals surface area (Å²) in [6, 6.07) is 10.1. The number of carboxylic acid groups (broad SMARTS) is 1. The Morgan fingerprint density at radius 2 is 2.00 bits per heavy atom. The van der Waals surface area contributed by atoms with E-state index < -0.39 is 5.97 Å². The van der Waals surface area contributed by atoms with Crippen molar-refractivity contribution < 1.29 is 9.90 Å². The van der Waals surface area contributed by atoms with Crippen molar-refractivity contribution in [1.29, 1.82) is 5.26 Å². The average Bonchev–Trinajstić information content (AvgIpc) is 2.34. The van der Waals surface area contributed by atoms with Crippen LogP contribution in [0.1, 0.15) is 18.4 Å². The lowest BCUT2D eigenvalue weighted by Gasteiger charge is -2.13. The summed E-state index contributed by atoms with van der Waals surface area (Å²) in [5.74, 6) is -1.08. The van der Waals surface area contributed by atoms with Crippen molar-refractivity contribution in [2.45, 2.75) is 19.3 Å². The Kier molecular flexibility index (Phi) is 5.19. The maximum absolute atomic E-state index is 10.5. The van der Waals surface area contributed by atoms with Crippen molar-refractivity contribution in [3.05, 3.63) is 29.8 Å². The summed E-state index contributed by atoms with van der Waals surface area (Å²) in [7, 11) is 3.94. The van der Waals surface area contributed by atoms with Crippen LogP contribution >= 0.6 is 0 Å². The molecule has 1 N–H and O–H groups in total. The third kappa shape index (κ3) is 4.46. The molecule has 1 aromatic rings.